The highest BCUT2D eigenvalue weighted by atomic mass is 16.8. The van der Waals surface area contributed by atoms with E-state index < -0.39 is 41.9 Å². The molecule has 0 amide bonds. The Bertz CT molecular complexity index is 1450. The largest absolute Gasteiger partial charge is 0.509 e. The van der Waals surface area contributed by atoms with Crippen molar-refractivity contribution in [2.24, 2.45) is 0 Å². The van der Waals surface area contributed by atoms with Crippen LogP contribution in [0, 0.1) is 0 Å². The Labute approximate surface area is 198 Å². The molecule has 0 radical (unpaired) electrons. The van der Waals surface area contributed by atoms with Gasteiger partial charge in [-0.1, -0.05) is 31.2 Å². The summed E-state index contributed by atoms with van der Waals surface area (Å²) in [7, 11) is 1.46. The minimum atomic E-state index is -0.758. The van der Waals surface area contributed by atoms with Gasteiger partial charge in [0.1, 0.15) is 11.8 Å². The first-order valence-electron chi connectivity index (χ1n) is 11.5. The quantitative estimate of drug-likeness (QED) is 0.381. The van der Waals surface area contributed by atoms with Crippen molar-refractivity contribution in [3.63, 3.8) is 0 Å². The average Bonchev–Trinajstić information content (AvgIpc) is 3.52. The lowest BCUT2D eigenvalue weighted by molar-refractivity contribution is -0.154. The molecular formula is C23H25N5O7. The second kappa shape index (κ2) is 7.75. The zero-order valence-corrected chi connectivity index (χ0v) is 19.5. The number of aromatic nitrogens is 5. The molecule has 2 aromatic heterocycles. The number of carbonyl (C=O) groups is 1. The van der Waals surface area contributed by atoms with E-state index in [1.165, 1.54) is 11.7 Å². The molecule has 12 nitrogen and oxygen atoms in total. The Kier molecular flexibility index (Phi) is 4.87. The molecule has 6 rings (SSSR count). The minimum Gasteiger partial charge on any atom is -0.424 e. The van der Waals surface area contributed by atoms with E-state index in [1.807, 2.05) is 18.2 Å². The Balaban J connectivity index is 1.31. The molecule has 0 N–H and O–H groups in total. The van der Waals surface area contributed by atoms with E-state index in [2.05, 4.69) is 24.2 Å². The monoisotopic (exact) mass is 483 g/mol. The molecule has 2 fully saturated rings. The molecule has 2 saturated heterocycles. The smallest absolute Gasteiger partial charge is 0.424 e. The number of fused-ring (bicyclic) bond motifs is 1. The molecule has 0 bridgehead atoms. The fraction of sp³-hybridized carbons (Fsp3) is 0.522. The first-order valence-corrected chi connectivity index (χ1v) is 11.5. The highest BCUT2D eigenvalue weighted by Crippen LogP contribution is 2.36. The van der Waals surface area contributed by atoms with Crippen LogP contribution in [-0.2, 0) is 44.0 Å². The summed E-state index contributed by atoms with van der Waals surface area (Å²) in [5, 5.41) is 8.34. The number of methoxy groups -OCH3 is 1. The molecule has 0 spiro atoms. The predicted octanol–water partition coefficient (Wildman–Crippen LogP) is 0.760. The zero-order valence-electron chi connectivity index (χ0n) is 19.5. The lowest BCUT2D eigenvalue weighted by Gasteiger charge is -2.33. The fourth-order valence-electron chi connectivity index (χ4n) is 5.31. The highest BCUT2D eigenvalue weighted by molar-refractivity contribution is 5.81. The van der Waals surface area contributed by atoms with E-state index in [1.54, 1.807) is 15.4 Å². The number of benzene rings is 1. The SMILES string of the molecule is CO[C@@H]1O[C@H](Cn2cc(Cn3c(=O)c(=O)n4c5c(cccc53)C(C)(C)CC4)nn2)[C@H]2OC(=O)O[C@@H]12. The molecule has 5 heterocycles. The van der Waals surface area contributed by atoms with E-state index in [-0.39, 0.29) is 18.5 Å². The summed E-state index contributed by atoms with van der Waals surface area (Å²) in [4.78, 5) is 37.6. The number of nitrogens with zero attached hydrogens (tertiary/aromatic N) is 5. The molecule has 184 valence electrons. The fourth-order valence-corrected chi connectivity index (χ4v) is 5.31. The Morgan fingerprint density at radius 2 is 1.94 bits per heavy atom. The van der Waals surface area contributed by atoms with Crippen LogP contribution in [0.15, 0.2) is 34.0 Å². The molecule has 1 aromatic carbocycles. The summed E-state index contributed by atoms with van der Waals surface area (Å²) < 4.78 is 26.0. The number of carbonyl (C=O) groups excluding carboxylic acids is 1. The van der Waals surface area contributed by atoms with Crippen molar-refractivity contribution < 1.29 is 23.7 Å². The molecule has 3 aliphatic heterocycles. The standard InChI is InChI=1S/C23H25N5O7/c1-23(2)7-8-27-16-13(23)5-4-6-14(16)28(20(30)19(27)29)10-12-9-26(25-24-12)11-15-17-18(21(32-3)33-15)35-22(31)34-17/h4-6,9,15,17-18,21H,7-8,10-11H2,1-3H3/t15-,17-,18-,21-/m1/s1. The van der Waals surface area contributed by atoms with Crippen molar-refractivity contribution >= 4 is 17.2 Å². The van der Waals surface area contributed by atoms with Crippen LogP contribution in [0.1, 0.15) is 31.5 Å². The maximum absolute atomic E-state index is 13.1. The van der Waals surface area contributed by atoms with Gasteiger partial charge in [-0.05, 0) is 23.5 Å². The first-order chi connectivity index (χ1) is 16.8. The number of hydrogen-bond donors (Lipinski definition) is 0. The second-order valence-electron chi connectivity index (χ2n) is 9.78. The van der Waals surface area contributed by atoms with Gasteiger partial charge in [0.15, 0.2) is 18.5 Å². The third-order valence-electron chi connectivity index (χ3n) is 7.18. The van der Waals surface area contributed by atoms with Gasteiger partial charge < -0.3 is 23.5 Å². The summed E-state index contributed by atoms with van der Waals surface area (Å²) in [5.74, 6) is 0. The van der Waals surface area contributed by atoms with Crippen molar-refractivity contribution in [2.75, 3.05) is 7.11 Å². The highest BCUT2D eigenvalue weighted by Gasteiger charge is 2.54. The van der Waals surface area contributed by atoms with E-state index in [0.717, 1.165) is 17.5 Å². The van der Waals surface area contributed by atoms with E-state index in [0.29, 0.717) is 17.8 Å². The van der Waals surface area contributed by atoms with Crippen LogP contribution in [0.25, 0.3) is 11.0 Å². The van der Waals surface area contributed by atoms with Crippen LogP contribution in [0.5, 0.6) is 0 Å². The molecule has 3 aliphatic rings. The van der Waals surface area contributed by atoms with Crippen LogP contribution in [0.3, 0.4) is 0 Å². The molecular weight excluding hydrogens is 458 g/mol. The van der Waals surface area contributed by atoms with Crippen LogP contribution < -0.4 is 11.1 Å². The van der Waals surface area contributed by atoms with Crippen molar-refractivity contribution in [2.45, 2.75) is 69.9 Å². The van der Waals surface area contributed by atoms with Crippen LogP contribution >= 0.6 is 0 Å². The maximum atomic E-state index is 13.1. The van der Waals surface area contributed by atoms with Crippen LogP contribution in [0.4, 0.5) is 4.79 Å². The van der Waals surface area contributed by atoms with E-state index in [4.69, 9.17) is 18.9 Å². The molecule has 12 heteroatoms. The molecule has 0 saturated carbocycles. The van der Waals surface area contributed by atoms with Gasteiger partial charge in [-0.3, -0.25) is 14.2 Å². The van der Waals surface area contributed by atoms with Crippen LogP contribution in [-0.4, -0.2) is 62.0 Å². The van der Waals surface area contributed by atoms with Gasteiger partial charge in [0.2, 0.25) is 0 Å². The summed E-state index contributed by atoms with van der Waals surface area (Å²) >= 11 is 0. The topological polar surface area (TPSA) is 129 Å². The van der Waals surface area contributed by atoms with Crippen molar-refractivity contribution in [1.29, 1.82) is 0 Å². The summed E-state index contributed by atoms with van der Waals surface area (Å²) in [5.41, 5.74) is 1.79. The predicted molar refractivity (Wildman–Crippen MR) is 120 cm³/mol. The third-order valence-corrected chi connectivity index (χ3v) is 7.18. The Morgan fingerprint density at radius 1 is 1.14 bits per heavy atom. The van der Waals surface area contributed by atoms with Gasteiger partial charge in [0, 0.05) is 13.7 Å². The Hall–Kier alpha value is -3.51. The number of rotatable bonds is 5. The summed E-state index contributed by atoms with van der Waals surface area (Å²) in [6, 6.07) is 5.79. The average molecular weight is 483 g/mol. The van der Waals surface area contributed by atoms with Crippen molar-refractivity contribution in [3.8, 4) is 0 Å². The molecule has 4 atom stereocenters. The second-order valence-corrected chi connectivity index (χ2v) is 9.78. The normalized spacial score (nSPS) is 26.5. The first kappa shape index (κ1) is 22.0. The van der Waals surface area contributed by atoms with E-state index >= 15 is 0 Å². The van der Waals surface area contributed by atoms with Gasteiger partial charge in [0.25, 0.3) is 0 Å². The van der Waals surface area contributed by atoms with Crippen LogP contribution in [0.2, 0.25) is 0 Å². The van der Waals surface area contributed by atoms with E-state index in [9.17, 15) is 14.4 Å². The van der Waals surface area contributed by atoms with Gasteiger partial charge in [-0.2, -0.15) is 0 Å². The van der Waals surface area contributed by atoms with Gasteiger partial charge >= 0.3 is 17.3 Å². The molecule has 0 unspecified atom stereocenters. The maximum Gasteiger partial charge on any atom is 0.509 e. The Morgan fingerprint density at radius 3 is 2.74 bits per heavy atom. The lowest BCUT2D eigenvalue weighted by Crippen LogP contribution is -2.44. The van der Waals surface area contributed by atoms with Gasteiger partial charge in [-0.25, -0.2) is 9.48 Å². The zero-order chi connectivity index (χ0) is 24.5. The number of hydrogen-bond acceptors (Lipinski definition) is 9. The minimum absolute atomic E-state index is 0.0890. The number of para-hydroxylation sites is 1. The van der Waals surface area contributed by atoms with Gasteiger partial charge in [-0.15, -0.1) is 5.10 Å². The van der Waals surface area contributed by atoms with Gasteiger partial charge in [0.05, 0.1) is 30.3 Å². The molecule has 3 aromatic rings. The molecule has 35 heavy (non-hydrogen) atoms. The number of ether oxygens (including phenoxy) is 4. The lowest BCUT2D eigenvalue weighted by atomic mass is 9.78. The third kappa shape index (κ3) is 3.39. The number of aryl methyl sites for hydroxylation is 1. The summed E-state index contributed by atoms with van der Waals surface area (Å²) in [6.07, 6.45) is -0.827. The summed E-state index contributed by atoms with van der Waals surface area (Å²) in [6.45, 7) is 5.12. The van der Waals surface area contributed by atoms with Crippen molar-refractivity contribution in [1.82, 2.24) is 24.1 Å². The molecule has 0 aliphatic carbocycles. The van der Waals surface area contributed by atoms with Crippen molar-refractivity contribution in [3.05, 3.63) is 56.4 Å².